The minimum absolute atomic E-state index is 0.0384. The smallest absolute Gasteiger partial charge is 0.264 e. The Kier molecular flexibility index (Phi) is 10.8. The molecule has 1 atom stereocenters. The summed E-state index contributed by atoms with van der Waals surface area (Å²) in [6, 6.07) is 25.7. The van der Waals surface area contributed by atoms with E-state index in [1.807, 2.05) is 30.3 Å². The van der Waals surface area contributed by atoms with Gasteiger partial charge < -0.3 is 10.2 Å². The van der Waals surface area contributed by atoms with Gasteiger partial charge in [0.1, 0.15) is 18.4 Å². The van der Waals surface area contributed by atoms with Gasteiger partial charge in [-0.3, -0.25) is 13.9 Å². The first-order valence-corrected chi connectivity index (χ1v) is 15.7. The summed E-state index contributed by atoms with van der Waals surface area (Å²) in [5, 5.41) is 3.11. The quantitative estimate of drug-likeness (QED) is 0.202. The molecule has 4 rings (SSSR count). The molecule has 7 nitrogen and oxygen atoms in total. The number of hydrogen-bond donors (Lipinski definition) is 1. The number of hydrogen-bond acceptors (Lipinski definition) is 4. The molecule has 0 saturated heterocycles. The molecule has 0 saturated carbocycles. The zero-order chi connectivity index (χ0) is 31.0. The molecule has 1 unspecified atom stereocenters. The first-order chi connectivity index (χ1) is 20.6. The third-order valence-electron chi connectivity index (χ3n) is 6.69. The highest BCUT2D eigenvalue weighted by molar-refractivity contribution is 7.92. The molecule has 0 aliphatic heterocycles. The second-order valence-electron chi connectivity index (χ2n) is 9.67. The molecule has 0 heterocycles. The molecule has 0 aliphatic rings. The molecule has 0 bridgehead atoms. The Balaban J connectivity index is 1.80. The van der Waals surface area contributed by atoms with Crippen LogP contribution in [-0.2, 0) is 32.6 Å². The normalized spacial score (nSPS) is 11.9. The van der Waals surface area contributed by atoms with Crippen molar-refractivity contribution in [2.75, 3.05) is 17.4 Å². The zero-order valence-electron chi connectivity index (χ0n) is 23.3. The average molecular weight is 643 g/mol. The standard InChI is InChI=1S/C32H30Cl2FN3O4S/c1-2-36-32(40)30(19-23-9-5-3-6-10-23)37(21-24-13-15-25(35)16-14-24)31(39)22-38(26-17-18-28(33)29(34)20-26)43(41,42)27-11-7-4-8-12-27/h3-18,20,30H,2,19,21-22H2,1H3,(H,36,40). The van der Waals surface area contributed by atoms with Crippen LogP contribution in [0.15, 0.2) is 108 Å². The summed E-state index contributed by atoms with van der Waals surface area (Å²) >= 11 is 12.4. The van der Waals surface area contributed by atoms with Crippen LogP contribution >= 0.6 is 23.2 Å². The second-order valence-corrected chi connectivity index (χ2v) is 12.3. The Bertz CT molecular complexity index is 1660. The van der Waals surface area contributed by atoms with Gasteiger partial charge in [-0.1, -0.05) is 83.9 Å². The van der Waals surface area contributed by atoms with Gasteiger partial charge in [-0.05, 0) is 60.5 Å². The van der Waals surface area contributed by atoms with Gasteiger partial charge in [0.25, 0.3) is 10.0 Å². The SMILES string of the molecule is CCNC(=O)C(Cc1ccccc1)N(Cc1ccc(F)cc1)C(=O)CN(c1ccc(Cl)c(Cl)c1)S(=O)(=O)c1ccccc1. The Hall–Kier alpha value is -3.92. The Morgan fingerprint density at radius 2 is 1.47 bits per heavy atom. The van der Waals surface area contributed by atoms with Gasteiger partial charge in [0, 0.05) is 19.5 Å². The van der Waals surface area contributed by atoms with Crippen molar-refractivity contribution in [3.63, 3.8) is 0 Å². The van der Waals surface area contributed by atoms with Crippen molar-refractivity contribution in [1.82, 2.24) is 10.2 Å². The highest BCUT2D eigenvalue weighted by Crippen LogP contribution is 2.31. The lowest BCUT2D eigenvalue weighted by atomic mass is 10.0. The third kappa shape index (κ3) is 8.13. The molecule has 43 heavy (non-hydrogen) atoms. The molecule has 0 spiro atoms. The lowest BCUT2D eigenvalue weighted by Crippen LogP contribution is -2.53. The van der Waals surface area contributed by atoms with E-state index in [-0.39, 0.29) is 33.6 Å². The van der Waals surface area contributed by atoms with Crippen LogP contribution in [0.3, 0.4) is 0 Å². The lowest BCUT2D eigenvalue weighted by molar-refractivity contribution is -0.140. The van der Waals surface area contributed by atoms with Crippen LogP contribution in [-0.4, -0.2) is 44.3 Å². The molecular formula is C32H30Cl2FN3O4S. The van der Waals surface area contributed by atoms with E-state index in [9.17, 15) is 22.4 Å². The number of likely N-dealkylation sites (N-methyl/N-ethyl adjacent to an activating group) is 1. The number of carbonyl (C=O) groups excluding carboxylic acids is 2. The summed E-state index contributed by atoms with van der Waals surface area (Å²) in [5.41, 5.74) is 1.48. The summed E-state index contributed by atoms with van der Waals surface area (Å²) in [7, 11) is -4.27. The molecule has 11 heteroatoms. The van der Waals surface area contributed by atoms with Gasteiger partial charge in [0.05, 0.1) is 20.6 Å². The summed E-state index contributed by atoms with van der Waals surface area (Å²) in [5.74, 6) is -1.51. The van der Waals surface area contributed by atoms with Crippen LogP contribution < -0.4 is 9.62 Å². The van der Waals surface area contributed by atoms with E-state index in [1.165, 1.54) is 59.5 Å². The van der Waals surface area contributed by atoms with Crippen molar-refractivity contribution in [3.8, 4) is 0 Å². The van der Waals surface area contributed by atoms with E-state index < -0.39 is 40.2 Å². The fourth-order valence-electron chi connectivity index (χ4n) is 4.52. The monoisotopic (exact) mass is 641 g/mol. The maximum atomic E-state index is 14.3. The fraction of sp³-hybridized carbons (Fsp3) is 0.188. The van der Waals surface area contributed by atoms with E-state index in [0.717, 1.165) is 9.87 Å². The fourth-order valence-corrected chi connectivity index (χ4v) is 6.24. The highest BCUT2D eigenvalue weighted by Gasteiger charge is 2.34. The Morgan fingerprint density at radius 1 is 0.837 bits per heavy atom. The van der Waals surface area contributed by atoms with Gasteiger partial charge in [-0.2, -0.15) is 0 Å². The first kappa shape index (κ1) is 32.0. The number of nitrogens with zero attached hydrogens (tertiary/aromatic N) is 2. The van der Waals surface area contributed by atoms with Crippen molar-refractivity contribution in [1.29, 1.82) is 0 Å². The van der Waals surface area contributed by atoms with Gasteiger partial charge in [0.2, 0.25) is 11.8 Å². The van der Waals surface area contributed by atoms with Crippen molar-refractivity contribution in [2.24, 2.45) is 0 Å². The lowest BCUT2D eigenvalue weighted by Gasteiger charge is -2.34. The molecule has 2 amide bonds. The van der Waals surface area contributed by atoms with E-state index >= 15 is 0 Å². The summed E-state index contributed by atoms with van der Waals surface area (Å²) in [4.78, 5) is 29.0. The Morgan fingerprint density at radius 3 is 2.07 bits per heavy atom. The van der Waals surface area contributed by atoms with Crippen LogP contribution in [0.25, 0.3) is 0 Å². The van der Waals surface area contributed by atoms with Crippen molar-refractivity contribution in [3.05, 3.63) is 130 Å². The molecular weight excluding hydrogens is 612 g/mol. The van der Waals surface area contributed by atoms with Crippen molar-refractivity contribution in [2.45, 2.75) is 30.8 Å². The first-order valence-electron chi connectivity index (χ1n) is 13.5. The highest BCUT2D eigenvalue weighted by atomic mass is 35.5. The third-order valence-corrected chi connectivity index (χ3v) is 9.22. The average Bonchev–Trinajstić information content (AvgIpc) is 3.01. The predicted molar refractivity (Wildman–Crippen MR) is 167 cm³/mol. The maximum absolute atomic E-state index is 14.3. The van der Waals surface area contributed by atoms with Crippen LogP contribution in [0.5, 0.6) is 0 Å². The van der Waals surface area contributed by atoms with E-state index in [4.69, 9.17) is 23.2 Å². The van der Waals surface area contributed by atoms with E-state index in [2.05, 4.69) is 5.32 Å². The molecule has 4 aromatic rings. The number of rotatable bonds is 12. The van der Waals surface area contributed by atoms with Crippen LogP contribution in [0.4, 0.5) is 10.1 Å². The molecule has 4 aromatic carbocycles. The predicted octanol–water partition coefficient (Wildman–Crippen LogP) is 6.10. The van der Waals surface area contributed by atoms with E-state index in [0.29, 0.717) is 12.1 Å². The molecule has 224 valence electrons. The second kappa shape index (κ2) is 14.5. The minimum Gasteiger partial charge on any atom is -0.355 e. The molecule has 0 fully saturated rings. The summed E-state index contributed by atoms with van der Waals surface area (Å²) < 4.78 is 42.6. The largest absolute Gasteiger partial charge is 0.355 e. The van der Waals surface area contributed by atoms with Crippen LogP contribution in [0.1, 0.15) is 18.1 Å². The molecule has 0 aliphatic carbocycles. The number of halogens is 3. The molecule has 0 radical (unpaired) electrons. The number of amides is 2. The number of sulfonamides is 1. The number of carbonyl (C=O) groups is 2. The van der Waals surface area contributed by atoms with Crippen molar-refractivity contribution >= 4 is 50.7 Å². The topological polar surface area (TPSA) is 86.8 Å². The Labute approximate surface area is 260 Å². The minimum atomic E-state index is -4.27. The van der Waals surface area contributed by atoms with Crippen molar-refractivity contribution < 1.29 is 22.4 Å². The summed E-state index contributed by atoms with van der Waals surface area (Å²) in [6.45, 7) is 1.36. The van der Waals surface area contributed by atoms with E-state index in [1.54, 1.807) is 25.1 Å². The van der Waals surface area contributed by atoms with Gasteiger partial charge in [-0.15, -0.1) is 0 Å². The molecule has 0 aromatic heterocycles. The van der Waals surface area contributed by atoms with Gasteiger partial charge in [-0.25, -0.2) is 12.8 Å². The van der Waals surface area contributed by atoms with Gasteiger partial charge >= 0.3 is 0 Å². The van der Waals surface area contributed by atoms with Gasteiger partial charge in [0.15, 0.2) is 0 Å². The number of benzene rings is 4. The summed E-state index contributed by atoms with van der Waals surface area (Å²) in [6.07, 6.45) is 0.165. The molecule has 1 N–H and O–H groups in total. The number of nitrogens with one attached hydrogen (secondary N) is 1. The van der Waals surface area contributed by atoms with Crippen LogP contribution in [0, 0.1) is 5.82 Å². The van der Waals surface area contributed by atoms with Crippen LogP contribution in [0.2, 0.25) is 10.0 Å². The number of anilines is 1. The zero-order valence-corrected chi connectivity index (χ0v) is 25.6. The maximum Gasteiger partial charge on any atom is 0.264 e.